The number of unbranched alkanes of at least 4 members (excludes halogenated alkanes) is 33. The Bertz CT molecular complexity index is 1900. The number of allylic oxidation sites excluding steroid dienone is 21. The minimum Gasteiger partial charge on any atom is -0.387 e. The van der Waals surface area contributed by atoms with E-state index in [1.807, 2.05) is 27.2 Å². The van der Waals surface area contributed by atoms with E-state index in [1.165, 1.54) is 193 Å². The lowest BCUT2D eigenvalue weighted by molar-refractivity contribution is -0.870. The van der Waals surface area contributed by atoms with Crippen molar-refractivity contribution in [1.29, 1.82) is 0 Å². The number of nitrogens with zero attached hydrogens (tertiary/aromatic N) is 1. The summed E-state index contributed by atoms with van der Waals surface area (Å²) < 4.78 is 23.8. The van der Waals surface area contributed by atoms with Gasteiger partial charge in [-0.3, -0.25) is 13.8 Å². The number of phosphoric acid groups is 1. The molecule has 0 aromatic heterocycles. The van der Waals surface area contributed by atoms with Crippen LogP contribution in [0, 0.1) is 0 Å². The quantitative estimate of drug-likeness (QED) is 0.0243. The summed E-state index contributed by atoms with van der Waals surface area (Å²) in [5.41, 5.74) is 0. The van der Waals surface area contributed by atoms with Crippen molar-refractivity contribution in [3.05, 3.63) is 134 Å². The number of nitrogens with one attached hydrogen (secondary N) is 1. The van der Waals surface area contributed by atoms with Gasteiger partial charge < -0.3 is 19.8 Å². The molecule has 0 aromatic rings. The first-order valence-corrected chi connectivity index (χ1v) is 38.1. The van der Waals surface area contributed by atoms with E-state index < -0.39 is 20.0 Å². The highest BCUT2D eigenvalue weighted by Crippen LogP contribution is 2.43. The fourth-order valence-corrected chi connectivity index (χ4v) is 10.9. The van der Waals surface area contributed by atoms with Gasteiger partial charge >= 0.3 is 7.82 Å². The third kappa shape index (κ3) is 70.1. The normalized spacial score (nSPS) is 14.4. The number of amides is 1. The van der Waals surface area contributed by atoms with Crippen molar-refractivity contribution < 1.29 is 32.9 Å². The Hall–Kier alpha value is -3.36. The highest BCUT2D eigenvalue weighted by atomic mass is 31.2. The van der Waals surface area contributed by atoms with E-state index in [-0.39, 0.29) is 19.1 Å². The summed E-state index contributed by atoms with van der Waals surface area (Å²) in [4.78, 5) is 23.4. The van der Waals surface area contributed by atoms with E-state index in [4.69, 9.17) is 9.05 Å². The summed E-state index contributed by atoms with van der Waals surface area (Å²) in [6, 6.07) is -0.878. The summed E-state index contributed by atoms with van der Waals surface area (Å²) in [5.74, 6) is -0.192. The monoisotopic (exact) mass is 1240 g/mol. The molecule has 0 rings (SSSR count). The first-order valence-electron chi connectivity index (χ1n) is 36.6. The van der Waals surface area contributed by atoms with Gasteiger partial charge in [0, 0.05) is 6.42 Å². The van der Waals surface area contributed by atoms with Gasteiger partial charge in [0.05, 0.1) is 39.9 Å². The lowest BCUT2D eigenvalue weighted by atomic mass is 10.0. The van der Waals surface area contributed by atoms with Gasteiger partial charge in [-0.25, -0.2) is 4.57 Å². The molecule has 3 unspecified atom stereocenters. The van der Waals surface area contributed by atoms with E-state index in [0.29, 0.717) is 17.4 Å². The van der Waals surface area contributed by atoms with Crippen molar-refractivity contribution in [1.82, 2.24) is 5.32 Å². The molecular formula is C79H140N2O6P+. The van der Waals surface area contributed by atoms with E-state index >= 15 is 0 Å². The van der Waals surface area contributed by atoms with Crippen molar-refractivity contribution in [2.24, 2.45) is 0 Å². The van der Waals surface area contributed by atoms with Crippen LogP contribution in [0.15, 0.2) is 134 Å². The molecule has 0 saturated carbocycles. The molecule has 0 bridgehead atoms. The maximum absolute atomic E-state index is 13.1. The van der Waals surface area contributed by atoms with Gasteiger partial charge in [-0.2, -0.15) is 0 Å². The number of quaternary nitrogens is 1. The van der Waals surface area contributed by atoms with Crippen LogP contribution in [0.4, 0.5) is 0 Å². The molecule has 0 fully saturated rings. The lowest BCUT2D eigenvalue weighted by Gasteiger charge is -2.25. The second-order valence-corrected chi connectivity index (χ2v) is 27.0. The van der Waals surface area contributed by atoms with Crippen LogP contribution in [0.1, 0.15) is 309 Å². The number of phosphoric ester groups is 1. The molecule has 0 heterocycles. The molecule has 0 saturated heterocycles. The van der Waals surface area contributed by atoms with Gasteiger partial charge in [-0.05, 0) is 109 Å². The van der Waals surface area contributed by atoms with Crippen LogP contribution < -0.4 is 5.32 Å². The second kappa shape index (κ2) is 68.0. The Kier molecular flexibility index (Phi) is 65.4. The predicted octanol–water partition coefficient (Wildman–Crippen LogP) is 23.8. The number of rotatable bonds is 66. The molecule has 88 heavy (non-hydrogen) atoms. The van der Waals surface area contributed by atoms with E-state index in [9.17, 15) is 19.4 Å². The average Bonchev–Trinajstić information content (AvgIpc) is 3.71. The lowest BCUT2D eigenvalue weighted by Crippen LogP contribution is -2.45. The zero-order valence-electron chi connectivity index (χ0n) is 57.9. The van der Waals surface area contributed by atoms with Gasteiger partial charge in [-0.15, -0.1) is 0 Å². The maximum Gasteiger partial charge on any atom is 0.472 e. The van der Waals surface area contributed by atoms with Crippen LogP contribution in [0.5, 0.6) is 0 Å². The largest absolute Gasteiger partial charge is 0.472 e. The minimum atomic E-state index is -4.37. The Morgan fingerprint density at radius 1 is 0.398 bits per heavy atom. The van der Waals surface area contributed by atoms with Crippen LogP contribution in [0.3, 0.4) is 0 Å². The number of aliphatic hydroxyl groups excluding tert-OH is 1. The number of hydrogen-bond donors (Lipinski definition) is 3. The molecule has 3 atom stereocenters. The van der Waals surface area contributed by atoms with Gasteiger partial charge in [0.15, 0.2) is 0 Å². The molecule has 0 aliphatic carbocycles. The summed E-state index contributed by atoms with van der Waals surface area (Å²) in [7, 11) is 1.54. The molecule has 9 heteroatoms. The van der Waals surface area contributed by atoms with Crippen molar-refractivity contribution >= 4 is 13.7 Å². The number of carbonyl (C=O) groups is 1. The molecule has 0 radical (unpaired) electrons. The maximum atomic E-state index is 13.1. The molecule has 0 aliphatic rings. The molecule has 506 valence electrons. The van der Waals surface area contributed by atoms with Crippen LogP contribution in [-0.2, 0) is 18.4 Å². The molecule has 0 spiro atoms. The average molecular weight is 1240 g/mol. The van der Waals surface area contributed by atoms with Crippen LogP contribution in [0.25, 0.3) is 0 Å². The molecule has 0 aliphatic heterocycles. The van der Waals surface area contributed by atoms with Crippen LogP contribution in [-0.4, -0.2) is 73.4 Å². The summed E-state index contributed by atoms with van der Waals surface area (Å²) in [5, 5.41) is 14.0. The van der Waals surface area contributed by atoms with Crippen molar-refractivity contribution in [3.63, 3.8) is 0 Å². The van der Waals surface area contributed by atoms with Crippen molar-refractivity contribution in [2.45, 2.75) is 321 Å². The first-order chi connectivity index (χ1) is 43.0. The number of likely N-dealkylation sites (N-methyl/N-ethyl adjacent to an activating group) is 1. The molecule has 3 N–H and O–H groups in total. The minimum absolute atomic E-state index is 0.0493. The molecular weight excluding hydrogens is 1100 g/mol. The van der Waals surface area contributed by atoms with Gasteiger partial charge in [0.1, 0.15) is 13.2 Å². The van der Waals surface area contributed by atoms with Crippen LogP contribution >= 0.6 is 7.82 Å². The Balaban J connectivity index is 4.08. The molecule has 1 amide bonds. The summed E-state index contributed by atoms with van der Waals surface area (Å²) >= 11 is 0. The number of carbonyl (C=O) groups excluding carboxylic acids is 1. The van der Waals surface area contributed by atoms with E-state index in [2.05, 4.69) is 141 Å². The van der Waals surface area contributed by atoms with E-state index in [0.717, 1.165) is 96.3 Å². The number of hydrogen-bond acceptors (Lipinski definition) is 5. The fourth-order valence-electron chi connectivity index (χ4n) is 10.2. The highest BCUT2D eigenvalue weighted by molar-refractivity contribution is 7.47. The Labute approximate surface area is 545 Å². The molecule has 8 nitrogen and oxygen atoms in total. The number of aliphatic hydroxyl groups is 1. The second-order valence-electron chi connectivity index (χ2n) is 25.6. The van der Waals surface area contributed by atoms with Crippen molar-refractivity contribution in [2.75, 3.05) is 40.9 Å². The summed E-state index contributed by atoms with van der Waals surface area (Å²) in [6.07, 6.45) is 103. The topological polar surface area (TPSA) is 105 Å². The third-order valence-electron chi connectivity index (χ3n) is 15.8. The zero-order valence-corrected chi connectivity index (χ0v) is 58.8. The van der Waals surface area contributed by atoms with Gasteiger partial charge in [-0.1, -0.05) is 327 Å². The fraction of sp³-hybridized carbons (Fsp3) is 0.709. The highest BCUT2D eigenvalue weighted by Gasteiger charge is 2.28. The Morgan fingerprint density at radius 3 is 1.05 bits per heavy atom. The standard InChI is InChI=1S/C79H139N2O6P/c1-6-8-10-12-14-16-18-20-22-24-26-28-30-32-33-34-35-36-37-38-39-40-41-42-43-44-45-46-47-49-51-53-55-57-59-61-63-65-67-69-71-73-79(83)80-77(76-87-88(84,85)86-75-74-81(3,4)5)78(82)72-70-68-66-64-62-60-58-56-54-52-50-48-31-29-27-25-23-21-19-17-15-13-11-9-7-2/h8,10,14,16,20,22,26,28,32-33,35-36,38-39,41-42,54,56,62,64,70,72,77-78,82H,6-7,9,11-13,15,17-19,21,23-25,27,29-31,34,37,40,43-53,55,57-61,63,65-69,71,73-76H2,1-5H3,(H-,80,83,84,85)/p+1/b10-8-,16-14-,22-20-,28-26-,33-32-,36-35-,39-38-,42-41-,56-54+,64-62+,72-70+. The third-order valence-corrected chi connectivity index (χ3v) is 16.8. The molecule has 0 aromatic carbocycles. The SMILES string of the molecule is CC/C=C\C/C=C\C/C=C\C/C=C\C/C=C\C/C=C\C/C=C\C/C=C\CCCCCCCCCCCCCCCCCCC(=O)NC(COP(=O)(O)OCC[N+](C)(C)C)C(O)/C=C/CC/C=C/CC/C=C/CCCCCCCCCCCCCCCCC. The Morgan fingerprint density at radius 2 is 0.693 bits per heavy atom. The predicted molar refractivity (Wildman–Crippen MR) is 387 cm³/mol. The first kappa shape index (κ1) is 84.6. The zero-order chi connectivity index (χ0) is 64.1. The van der Waals surface area contributed by atoms with Crippen LogP contribution in [0.2, 0.25) is 0 Å². The van der Waals surface area contributed by atoms with E-state index in [1.54, 1.807) is 6.08 Å². The van der Waals surface area contributed by atoms with Gasteiger partial charge in [0.25, 0.3) is 0 Å². The smallest absolute Gasteiger partial charge is 0.387 e. The summed E-state index contributed by atoms with van der Waals surface area (Å²) in [6.45, 7) is 4.69. The van der Waals surface area contributed by atoms with Crippen molar-refractivity contribution in [3.8, 4) is 0 Å². The van der Waals surface area contributed by atoms with Gasteiger partial charge in [0.2, 0.25) is 5.91 Å².